The number of H-pyrrole nitrogens is 1. The highest BCUT2D eigenvalue weighted by atomic mass is 16.1. The van der Waals surface area contributed by atoms with E-state index in [1.807, 2.05) is 24.4 Å². The van der Waals surface area contributed by atoms with Gasteiger partial charge in [-0.2, -0.15) is 5.10 Å². The van der Waals surface area contributed by atoms with Crippen molar-refractivity contribution in [1.29, 1.82) is 0 Å². The van der Waals surface area contributed by atoms with E-state index in [4.69, 9.17) is 0 Å². The second-order valence-electron chi connectivity index (χ2n) is 7.56. The molecule has 0 atom stereocenters. The van der Waals surface area contributed by atoms with Crippen LogP contribution in [0.5, 0.6) is 0 Å². The lowest BCUT2D eigenvalue weighted by atomic mass is 9.85. The molecule has 0 saturated heterocycles. The van der Waals surface area contributed by atoms with E-state index in [2.05, 4.69) is 58.1 Å². The van der Waals surface area contributed by atoms with Crippen LogP contribution >= 0.6 is 0 Å². The van der Waals surface area contributed by atoms with Crippen molar-refractivity contribution >= 4 is 11.6 Å². The molecule has 1 fully saturated rings. The van der Waals surface area contributed by atoms with E-state index < -0.39 is 0 Å². The molecule has 3 aromatic rings. The van der Waals surface area contributed by atoms with E-state index in [0.717, 1.165) is 54.0 Å². The average molecular weight is 374 g/mol. The number of aryl methyl sites for hydroxylation is 1. The number of carbonyl (C=O) groups excluding carboxylic acids is 1. The van der Waals surface area contributed by atoms with Crippen LogP contribution in [0.3, 0.4) is 0 Å². The van der Waals surface area contributed by atoms with E-state index in [9.17, 15) is 4.79 Å². The first-order valence-corrected chi connectivity index (χ1v) is 9.89. The van der Waals surface area contributed by atoms with Crippen molar-refractivity contribution in [3.05, 3.63) is 71.4 Å². The summed E-state index contributed by atoms with van der Waals surface area (Å²) in [4.78, 5) is 12.1. The second-order valence-corrected chi connectivity index (χ2v) is 7.56. The normalized spacial score (nSPS) is 13.9. The summed E-state index contributed by atoms with van der Waals surface area (Å²) in [5, 5.41) is 13.8. The smallest absolute Gasteiger partial charge is 0.227 e. The fraction of sp³-hybridized carbons (Fsp3) is 0.304. The molecule has 0 spiro atoms. The molecule has 0 bridgehead atoms. The number of rotatable bonds is 7. The van der Waals surface area contributed by atoms with Gasteiger partial charge >= 0.3 is 0 Å². The summed E-state index contributed by atoms with van der Waals surface area (Å²) in [6.45, 7) is 3.53. The Balaban J connectivity index is 1.34. The monoisotopic (exact) mass is 374 g/mol. The van der Waals surface area contributed by atoms with Gasteiger partial charge in [-0.1, -0.05) is 48.4 Å². The molecule has 3 N–H and O–H groups in total. The number of nitrogens with zero attached hydrogens (tertiary/aromatic N) is 1. The summed E-state index contributed by atoms with van der Waals surface area (Å²) in [5.74, 6) is 0.348. The van der Waals surface area contributed by atoms with E-state index in [0.29, 0.717) is 0 Å². The SMILES string of the molecule is Cc1ccc(-c2[nH]ncc2CNCc2cccc(NC(=O)C3CCC3)c2)cc1. The third kappa shape index (κ3) is 4.31. The fourth-order valence-electron chi connectivity index (χ4n) is 3.43. The predicted octanol–water partition coefficient (Wildman–Crippen LogP) is 4.41. The molecule has 0 aliphatic heterocycles. The van der Waals surface area contributed by atoms with Gasteiger partial charge in [-0.25, -0.2) is 0 Å². The highest BCUT2D eigenvalue weighted by molar-refractivity contribution is 5.93. The van der Waals surface area contributed by atoms with Crippen molar-refractivity contribution in [3.8, 4) is 11.3 Å². The van der Waals surface area contributed by atoms with Crippen molar-refractivity contribution < 1.29 is 4.79 Å². The summed E-state index contributed by atoms with van der Waals surface area (Å²) >= 11 is 0. The minimum absolute atomic E-state index is 0.150. The minimum atomic E-state index is 0.150. The van der Waals surface area contributed by atoms with Gasteiger partial charge in [-0.05, 0) is 43.0 Å². The second kappa shape index (κ2) is 8.40. The van der Waals surface area contributed by atoms with Gasteiger partial charge in [0.1, 0.15) is 0 Å². The molecular weight excluding hydrogens is 348 g/mol. The number of hydrogen-bond donors (Lipinski definition) is 3. The van der Waals surface area contributed by atoms with Crippen molar-refractivity contribution in [2.75, 3.05) is 5.32 Å². The van der Waals surface area contributed by atoms with Crippen LogP contribution in [-0.2, 0) is 17.9 Å². The Morgan fingerprint density at radius 1 is 1.14 bits per heavy atom. The Bertz CT molecular complexity index is 941. The maximum atomic E-state index is 12.1. The molecule has 1 aliphatic rings. The highest BCUT2D eigenvalue weighted by Gasteiger charge is 2.25. The molecule has 1 heterocycles. The number of nitrogens with one attached hydrogen (secondary N) is 3. The fourth-order valence-corrected chi connectivity index (χ4v) is 3.43. The summed E-state index contributed by atoms with van der Waals surface area (Å²) in [5.41, 5.74) is 6.59. The van der Waals surface area contributed by atoms with Gasteiger partial charge in [0.2, 0.25) is 5.91 Å². The topological polar surface area (TPSA) is 69.8 Å². The maximum absolute atomic E-state index is 12.1. The van der Waals surface area contributed by atoms with Gasteiger partial charge in [0, 0.05) is 30.3 Å². The van der Waals surface area contributed by atoms with Crippen LogP contribution in [-0.4, -0.2) is 16.1 Å². The van der Waals surface area contributed by atoms with Crippen LogP contribution in [0.1, 0.15) is 36.0 Å². The quantitative estimate of drug-likeness (QED) is 0.574. The number of aromatic amines is 1. The van der Waals surface area contributed by atoms with Crippen LogP contribution in [0.2, 0.25) is 0 Å². The third-order valence-electron chi connectivity index (χ3n) is 5.37. The van der Waals surface area contributed by atoms with E-state index in [1.54, 1.807) is 0 Å². The van der Waals surface area contributed by atoms with Gasteiger partial charge in [0.15, 0.2) is 0 Å². The molecular formula is C23H26N4O. The van der Waals surface area contributed by atoms with Crippen LogP contribution in [0, 0.1) is 12.8 Å². The molecule has 5 heteroatoms. The molecule has 1 aliphatic carbocycles. The number of anilines is 1. The van der Waals surface area contributed by atoms with Gasteiger partial charge in [0.25, 0.3) is 0 Å². The Morgan fingerprint density at radius 3 is 2.71 bits per heavy atom. The Kier molecular flexibility index (Phi) is 5.53. The van der Waals surface area contributed by atoms with E-state index >= 15 is 0 Å². The van der Waals surface area contributed by atoms with Crippen molar-refractivity contribution in [2.24, 2.45) is 5.92 Å². The summed E-state index contributed by atoms with van der Waals surface area (Å²) in [7, 11) is 0. The average Bonchev–Trinajstić information content (AvgIpc) is 3.10. The van der Waals surface area contributed by atoms with Gasteiger partial charge in [-0.3, -0.25) is 9.89 Å². The number of aromatic nitrogens is 2. The Labute approximate surface area is 165 Å². The minimum Gasteiger partial charge on any atom is -0.326 e. The molecule has 0 unspecified atom stereocenters. The number of amides is 1. The highest BCUT2D eigenvalue weighted by Crippen LogP contribution is 2.27. The third-order valence-corrected chi connectivity index (χ3v) is 5.37. The Hall–Kier alpha value is -2.92. The molecule has 144 valence electrons. The zero-order valence-electron chi connectivity index (χ0n) is 16.2. The molecule has 5 nitrogen and oxygen atoms in total. The molecule has 1 amide bonds. The lowest BCUT2D eigenvalue weighted by Gasteiger charge is -2.24. The predicted molar refractivity (Wildman–Crippen MR) is 112 cm³/mol. The van der Waals surface area contributed by atoms with Crippen molar-refractivity contribution in [1.82, 2.24) is 15.5 Å². The summed E-state index contributed by atoms with van der Waals surface area (Å²) in [6.07, 6.45) is 5.07. The largest absolute Gasteiger partial charge is 0.326 e. The summed E-state index contributed by atoms with van der Waals surface area (Å²) < 4.78 is 0. The molecule has 1 aromatic heterocycles. The zero-order chi connectivity index (χ0) is 19.3. The first kappa shape index (κ1) is 18.4. The zero-order valence-corrected chi connectivity index (χ0v) is 16.2. The number of carbonyl (C=O) groups is 1. The number of benzene rings is 2. The lowest BCUT2D eigenvalue weighted by molar-refractivity contribution is -0.122. The molecule has 4 rings (SSSR count). The van der Waals surface area contributed by atoms with Crippen LogP contribution in [0.4, 0.5) is 5.69 Å². The molecule has 28 heavy (non-hydrogen) atoms. The van der Waals surface area contributed by atoms with E-state index in [-0.39, 0.29) is 11.8 Å². The van der Waals surface area contributed by atoms with Crippen molar-refractivity contribution in [2.45, 2.75) is 39.3 Å². The Morgan fingerprint density at radius 2 is 1.96 bits per heavy atom. The molecule has 1 saturated carbocycles. The van der Waals surface area contributed by atoms with E-state index in [1.165, 1.54) is 12.0 Å². The molecule has 0 radical (unpaired) electrons. The first-order valence-electron chi connectivity index (χ1n) is 9.89. The van der Waals surface area contributed by atoms with Crippen LogP contribution in [0.15, 0.2) is 54.7 Å². The van der Waals surface area contributed by atoms with Crippen LogP contribution in [0.25, 0.3) is 11.3 Å². The van der Waals surface area contributed by atoms with Gasteiger partial charge in [-0.15, -0.1) is 0 Å². The first-order chi connectivity index (χ1) is 13.7. The van der Waals surface area contributed by atoms with Gasteiger partial charge in [0.05, 0.1) is 11.9 Å². The van der Waals surface area contributed by atoms with Gasteiger partial charge < -0.3 is 10.6 Å². The van der Waals surface area contributed by atoms with Crippen molar-refractivity contribution in [3.63, 3.8) is 0 Å². The molecule has 2 aromatic carbocycles. The summed E-state index contributed by atoms with van der Waals surface area (Å²) in [6, 6.07) is 16.5. The lowest BCUT2D eigenvalue weighted by Crippen LogP contribution is -2.28. The standard InChI is InChI=1S/C23H26N4O/c1-16-8-10-18(11-9-16)22-20(15-25-27-22)14-24-13-17-4-2-7-21(12-17)26-23(28)19-5-3-6-19/h2,4,7-12,15,19,24H,3,5-6,13-14H2,1H3,(H,25,27)(H,26,28). The maximum Gasteiger partial charge on any atom is 0.227 e. The number of hydrogen-bond acceptors (Lipinski definition) is 3. The van der Waals surface area contributed by atoms with Crippen LogP contribution < -0.4 is 10.6 Å².